The van der Waals surface area contributed by atoms with Gasteiger partial charge in [-0.3, -0.25) is 9.78 Å². The number of anilines is 1. The number of benzene rings is 2. The predicted octanol–water partition coefficient (Wildman–Crippen LogP) is 5.51. The van der Waals surface area contributed by atoms with Crippen molar-refractivity contribution in [1.82, 2.24) is 9.88 Å². The van der Waals surface area contributed by atoms with Gasteiger partial charge in [-0.05, 0) is 64.0 Å². The summed E-state index contributed by atoms with van der Waals surface area (Å²) < 4.78 is 15.0. The first-order valence-corrected chi connectivity index (χ1v) is 9.83. The molecule has 0 bridgehead atoms. The van der Waals surface area contributed by atoms with Crippen molar-refractivity contribution in [1.29, 1.82) is 0 Å². The largest absolute Gasteiger partial charge is 0.359 e. The van der Waals surface area contributed by atoms with E-state index in [-0.39, 0.29) is 11.7 Å². The lowest BCUT2D eigenvalue weighted by Gasteiger charge is -2.27. The number of nitrogens with one attached hydrogen (secondary N) is 1. The van der Waals surface area contributed by atoms with E-state index >= 15 is 0 Å². The maximum Gasteiger partial charge on any atom is 0.258 e. The fourth-order valence-electron chi connectivity index (χ4n) is 3.09. The van der Waals surface area contributed by atoms with Crippen LogP contribution in [0.5, 0.6) is 0 Å². The molecule has 1 atom stereocenters. The number of pyridine rings is 1. The third kappa shape index (κ3) is 3.61. The minimum Gasteiger partial charge on any atom is -0.359 e. The fourth-order valence-corrected chi connectivity index (χ4v) is 4.25. The molecule has 2 heterocycles. The maximum atomic E-state index is 13.2. The Hall–Kier alpha value is -2.25. The highest BCUT2D eigenvalue weighted by Gasteiger charge is 2.38. The van der Waals surface area contributed by atoms with Crippen LogP contribution in [-0.2, 0) is 6.54 Å². The number of rotatable bonds is 4. The molecule has 4 nitrogen and oxygen atoms in total. The summed E-state index contributed by atoms with van der Waals surface area (Å²) in [5.41, 5.74) is 2.95. The zero-order valence-corrected chi connectivity index (χ0v) is 17.2. The van der Waals surface area contributed by atoms with Crippen molar-refractivity contribution in [3.8, 4) is 0 Å². The molecule has 0 saturated heterocycles. The summed E-state index contributed by atoms with van der Waals surface area (Å²) in [5, 5.41) is 3.41. The molecule has 1 aliphatic heterocycles. The van der Waals surface area contributed by atoms with Crippen LogP contribution in [0.25, 0.3) is 0 Å². The minimum atomic E-state index is -0.420. The van der Waals surface area contributed by atoms with E-state index in [9.17, 15) is 9.18 Å². The van der Waals surface area contributed by atoms with Crippen molar-refractivity contribution in [3.63, 3.8) is 0 Å². The predicted molar refractivity (Wildman–Crippen MR) is 109 cm³/mol. The van der Waals surface area contributed by atoms with Crippen LogP contribution in [0.2, 0.25) is 0 Å². The highest BCUT2D eigenvalue weighted by atomic mass is 79.9. The first-order valence-electron chi connectivity index (χ1n) is 8.25. The zero-order valence-electron chi connectivity index (χ0n) is 14.0. The van der Waals surface area contributed by atoms with E-state index in [0.29, 0.717) is 17.8 Å². The summed E-state index contributed by atoms with van der Waals surface area (Å²) in [6, 6.07) is 15.5. The van der Waals surface area contributed by atoms with Crippen LogP contribution in [0, 0.1) is 5.82 Å². The average Bonchev–Trinajstić information content (AvgIpc) is 2.92. The molecule has 3 aromatic rings. The SMILES string of the molecule is O=C1c2cccnc2[C@@H](Nc2ccc(Br)cc2Br)N1Cc1ccc(F)cc1. The smallest absolute Gasteiger partial charge is 0.258 e. The van der Waals surface area contributed by atoms with Crippen molar-refractivity contribution < 1.29 is 9.18 Å². The molecule has 7 heteroatoms. The molecule has 1 N–H and O–H groups in total. The number of fused-ring (bicyclic) bond motifs is 1. The van der Waals surface area contributed by atoms with E-state index in [2.05, 4.69) is 42.2 Å². The molecule has 0 fully saturated rings. The Morgan fingerprint density at radius 1 is 1.11 bits per heavy atom. The number of amides is 1. The summed E-state index contributed by atoms with van der Waals surface area (Å²) in [5.74, 6) is -0.405. The van der Waals surface area contributed by atoms with Crippen molar-refractivity contribution in [2.24, 2.45) is 0 Å². The molecule has 1 aromatic heterocycles. The molecule has 2 aromatic carbocycles. The minimum absolute atomic E-state index is 0.104. The molecule has 27 heavy (non-hydrogen) atoms. The Morgan fingerprint density at radius 3 is 2.63 bits per heavy atom. The normalized spacial score (nSPS) is 15.7. The first-order chi connectivity index (χ1) is 13.0. The lowest BCUT2D eigenvalue weighted by molar-refractivity contribution is 0.0727. The third-order valence-corrected chi connectivity index (χ3v) is 5.54. The number of nitrogens with zero attached hydrogens (tertiary/aromatic N) is 2. The second-order valence-electron chi connectivity index (χ2n) is 6.17. The van der Waals surface area contributed by atoms with E-state index < -0.39 is 6.17 Å². The van der Waals surface area contributed by atoms with Crippen LogP contribution in [0.3, 0.4) is 0 Å². The number of halogens is 3. The summed E-state index contributed by atoms with van der Waals surface area (Å²) in [7, 11) is 0. The molecule has 136 valence electrons. The van der Waals surface area contributed by atoms with E-state index in [4.69, 9.17) is 0 Å². The van der Waals surface area contributed by atoms with Crippen LogP contribution in [0.4, 0.5) is 10.1 Å². The highest BCUT2D eigenvalue weighted by Crippen LogP contribution is 2.36. The highest BCUT2D eigenvalue weighted by molar-refractivity contribution is 9.11. The van der Waals surface area contributed by atoms with Crippen molar-refractivity contribution in [3.05, 3.63) is 92.4 Å². The van der Waals surface area contributed by atoms with E-state index in [1.54, 1.807) is 35.4 Å². The average molecular weight is 491 g/mol. The van der Waals surface area contributed by atoms with Gasteiger partial charge in [-0.2, -0.15) is 0 Å². The lowest BCUT2D eigenvalue weighted by atomic mass is 10.2. The number of hydrogen-bond acceptors (Lipinski definition) is 3. The zero-order chi connectivity index (χ0) is 19.0. The Morgan fingerprint density at radius 2 is 1.89 bits per heavy atom. The van der Waals surface area contributed by atoms with Gasteiger partial charge in [0.15, 0.2) is 0 Å². The van der Waals surface area contributed by atoms with Gasteiger partial charge in [0.2, 0.25) is 0 Å². The van der Waals surface area contributed by atoms with E-state index in [0.717, 1.165) is 20.2 Å². The molecule has 1 aliphatic rings. The topological polar surface area (TPSA) is 45.2 Å². The molecule has 0 saturated carbocycles. The van der Waals surface area contributed by atoms with Gasteiger partial charge in [0.25, 0.3) is 5.91 Å². The Kier molecular flexibility index (Phi) is 4.97. The van der Waals surface area contributed by atoms with Gasteiger partial charge >= 0.3 is 0 Å². The summed E-state index contributed by atoms with van der Waals surface area (Å²) in [4.78, 5) is 19.1. The quantitative estimate of drug-likeness (QED) is 0.524. The van der Waals surface area contributed by atoms with Gasteiger partial charge in [-0.15, -0.1) is 0 Å². The van der Waals surface area contributed by atoms with Crippen LogP contribution in [0.15, 0.2) is 69.7 Å². The van der Waals surface area contributed by atoms with Gasteiger partial charge in [0.05, 0.1) is 16.9 Å². The second-order valence-corrected chi connectivity index (χ2v) is 7.94. The van der Waals surface area contributed by atoms with Crippen LogP contribution >= 0.6 is 31.9 Å². The Bertz CT molecular complexity index is 1010. The standard InChI is InChI=1S/C20H14Br2FN3O/c21-13-5-8-17(16(22)10-13)25-19-18-15(2-1-9-24-18)20(27)26(19)11-12-3-6-14(23)7-4-12/h1-10,19,25H,11H2/t19-/m0/s1. The Labute approximate surface area is 172 Å². The van der Waals surface area contributed by atoms with Gasteiger partial charge in [0, 0.05) is 21.7 Å². The lowest BCUT2D eigenvalue weighted by Crippen LogP contribution is -2.32. The Balaban J connectivity index is 1.70. The third-order valence-electron chi connectivity index (χ3n) is 4.39. The molecule has 0 radical (unpaired) electrons. The van der Waals surface area contributed by atoms with Gasteiger partial charge in [0.1, 0.15) is 12.0 Å². The maximum absolute atomic E-state index is 13.2. The molecular weight excluding hydrogens is 477 g/mol. The summed E-state index contributed by atoms with van der Waals surface area (Å²) in [6.45, 7) is 0.348. The van der Waals surface area contributed by atoms with Gasteiger partial charge < -0.3 is 10.2 Å². The molecule has 0 aliphatic carbocycles. The molecule has 0 unspecified atom stereocenters. The van der Waals surface area contributed by atoms with Crippen molar-refractivity contribution in [2.75, 3.05) is 5.32 Å². The second kappa shape index (κ2) is 7.40. The molecule has 0 spiro atoms. The van der Waals surface area contributed by atoms with Crippen LogP contribution in [0.1, 0.15) is 27.8 Å². The monoisotopic (exact) mass is 489 g/mol. The van der Waals surface area contributed by atoms with Crippen molar-refractivity contribution in [2.45, 2.75) is 12.7 Å². The summed E-state index contributed by atoms with van der Waals surface area (Å²) in [6.07, 6.45) is 1.26. The van der Waals surface area contributed by atoms with Gasteiger partial charge in [-0.25, -0.2) is 4.39 Å². The molecule has 4 rings (SSSR count). The van der Waals surface area contributed by atoms with Gasteiger partial charge in [-0.1, -0.05) is 28.1 Å². The van der Waals surface area contributed by atoms with E-state index in [1.807, 2.05) is 18.2 Å². The van der Waals surface area contributed by atoms with Crippen molar-refractivity contribution >= 4 is 43.5 Å². The number of aromatic nitrogens is 1. The number of carbonyl (C=O) groups is 1. The number of hydrogen-bond donors (Lipinski definition) is 1. The molecule has 1 amide bonds. The number of carbonyl (C=O) groups excluding carboxylic acids is 1. The van der Waals surface area contributed by atoms with Crippen LogP contribution < -0.4 is 5.32 Å². The van der Waals surface area contributed by atoms with E-state index in [1.165, 1.54) is 12.1 Å². The molecular formula is C20H14Br2FN3O. The first kappa shape index (κ1) is 18.1. The summed E-state index contributed by atoms with van der Waals surface area (Å²) >= 11 is 6.99. The fraction of sp³-hybridized carbons (Fsp3) is 0.100. The van der Waals surface area contributed by atoms with Crippen LogP contribution in [-0.4, -0.2) is 15.8 Å².